The molecule has 0 atom stereocenters. The first-order valence-electron chi connectivity index (χ1n) is 6.06. The van der Waals surface area contributed by atoms with Crippen molar-refractivity contribution in [3.05, 3.63) is 42.8 Å². The van der Waals surface area contributed by atoms with Gasteiger partial charge in [0.05, 0.1) is 6.42 Å². The zero-order valence-corrected chi connectivity index (χ0v) is 10.2. The van der Waals surface area contributed by atoms with E-state index in [-0.39, 0.29) is 5.78 Å². The summed E-state index contributed by atoms with van der Waals surface area (Å²) in [5.74, 6) is 0.867. The molecule has 2 aromatic rings. The zero-order valence-electron chi connectivity index (χ0n) is 10.2. The highest BCUT2D eigenvalue weighted by Crippen LogP contribution is 2.02. The summed E-state index contributed by atoms with van der Waals surface area (Å²) < 4.78 is 6.88. The van der Waals surface area contributed by atoms with Gasteiger partial charge in [-0.3, -0.25) is 4.79 Å². The second-order valence-electron chi connectivity index (χ2n) is 4.09. The maximum atomic E-state index is 11.7. The lowest BCUT2D eigenvalue weighted by molar-refractivity contribution is -0.695. The van der Waals surface area contributed by atoms with Gasteiger partial charge < -0.3 is 4.52 Å². The van der Waals surface area contributed by atoms with Gasteiger partial charge in [-0.15, -0.1) is 0 Å². The number of rotatable bonds is 7. The number of hydrogen-bond donors (Lipinski definition) is 0. The maximum absolute atomic E-state index is 11.7. The summed E-state index contributed by atoms with van der Waals surface area (Å²) in [6, 6.07) is 5.88. The average Bonchev–Trinajstić information content (AvgIpc) is 2.91. The highest BCUT2D eigenvalue weighted by Gasteiger charge is 2.07. The van der Waals surface area contributed by atoms with Crippen LogP contribution in [0.5, 0.6) is 0 Å². The Kier molecular flexibility index (Phi) is 4.58. The van der Waals surface area contributed by atoms with E-state index in [1.807, 2.05) is 35.2 Å². The second-order valence-corrected chi connectivity index (χ2v) is 4.09. The minimum absolute atomic E-state index is 0.269. The van der Waals surface area contributed by atoms with Crippen LogP contribution < -0.4 is 4.57 Å². The largest absolute Gasteiger partial charge is 0.340 e. The van der Waals surface area contributed by atoms with Crippen molar-refractivity contribution in [1.29, 1.82) is 0 Å². The Bertz CT molecular complexity index is 468. The zero-order chi connectivity index (χ0) is 12.6. The van der Waals surface area contributed by atoms with Crippen molar-refractivity contribution in [2.75, 3.05) is 0 Å². The van der Waals surface area contributed by atoms with E-state index in [4.69, 9.17) is 4.52 Å². The van der Waals surface area contributed by atoms with E-state index in [9.17, 15) is 4.79 Å². The van der Waals surface area contributed by atoms with E-state index in [2.05, 4.69) is 10.1 Å². The fourth-order valence-corrected chi connectivity index (χ4v) is 1.71. The predicted molar refractivity (Wildman–Crippen MR) is 63.5 cm³/mol. The van der Waals surface area contributed by atoms with Crippen LogP contribution in [0.25, 0.3) is 0 Å². The summed E-state index contributed by atoms with van der Waals surface area (Å²) >= 11 is 0. The Morgan fingerprint density at radius 2 is 2.06 bits per heavy atom. The first-order valence-corrected chi connectivity index (χ1v) is 6.06. The van der Waals surface area contributed by atoms with Gasteiger partial charge in [0, 0.05) is 25.0 Å². The van der Waals surface area contributed by atoms with Crippen LogP contribution in [0.15, 0.2) is 41.4 Å². The molecule has 0 aliphatic rings. The van der Waals surface area contributed by atoms with Crippen LogP contribution in [0.3, 0.4) is 0 Å². The summed E-state index contributed by atoms with van der Waals surface area (Å²) in [6.45, 7) is 0.736. The Hall–Kier alpha value is -2.04. The first kappa shape index (κ1) is 12.4. The number of carbonyl (C=O) groups excluding carboxylic acids is 1. The van der Waals surface area contributed by atoms with Crippen LogP contribution in [0, 0.1) is 0 Å². The molecule has 0 amide bonds. The third-order valence-electron chi connectivity index (χ3n) is 2.68. The van der Waals surface area contributed by atoms with E-state index in [1.54, 1.807) is 0 Å². The fraction of sp³-hybridized carbons (Fsp3) is 0.385. The van der Waals surface area contributed by atoms with Crippen molar-refractivity contribution >= 4 is 5.78 Å². The molecular weight excluding hydrogens is 230 g/mol. The molecule has 0 saturated heterocycles. The van der Waals surface area contributed by atoms with Crippen LogP contribution in [0.2, 0.25) is 0 Å². The molecule has 94 valence electrons. The summed E-state index contributed by atoms with van der Waals surface area (Å²) in [6.07, 6.45) is 7.87. The molecule has 0 fully saturated rings. The Labute approximate surface area is 105 Å². The van der Waals surface area contributed by atoms with E-state index < -0.39 is 0 Å². The number of carbonyl (C=O) groups is 1. The maximum Gasteiger partial charge on any atom is 0.226 e. The minimum Gasteiger partial charge on any atom is -0.340 e. The number of aryl methyl sites for hydroxylation is 2. The van der Waals surface area contributed by atoms with Gasteiger partial charge in [0.25, 0.3) is 0 Å². The minimum atomic E-state index is 0.269. The fourth-order valence-electron chi connectivity index (χ4n) is 1.71. The van der Waals surface area contributed by atoms with Gasteiger partial charge in [-0.1, -0.05) is 11.2 Å². The Balaban J connectivity index is 1.63. The van der Waals surface area contributed by atoms with Crippen molar-refractivity contribution in [1.82, 2.24) is 10.1 Å². The standard InChI is InChI=1S/C13H16N3O2/c17-12(5-4-6-13-14-11-15-18-13)7-10-16-8-2-1-3-9-16/h1-3,8-9,11H,4-7,10H2/q+1. The normalized spacial score (nSPS) is 10.4. The molecular formula is C13H16N3O2+. The molecule has 0 saturated carbocycles. The van der Waals surface area contributed by atoms with Crippen LogP contribution in [0.1, 0.15) is 25.2 Å². The number of hydrogen-bond acceptors (Lipinski definition) is 4. The molecule has 2 aromatic heterocycles. The number of Topliss-reactive ketones (excluding diaryl/α,β-unsaturated/α-hetero) is 1. The molecule has 18 heavy (non-hydrogen) atoms. The quantitative estimate of drug-likeness (QED) is 0.692. The molecule has 0 aliphatic heterocycles. The van der Waals surface area contributed by atoms with Gasteiger partial charge in [0.2, 0.25) is 5.89 Å². The summed E-state index contributed by atoms with van der Waals surface area (Å²) in [5.41, 5.74) is 0. The molecule has 5 nitrogen and oxygen atoms in total. The number of pyridine rings is 1. The number of nitrogens with zero attached hydrogens (tertiary/aromatic N) is 3. The molecule has 0 aliphatic carbocycles. The molecule has 0 bridgehead atoms. The number of ketones is 1. The van der Waals surface area contributed by atoms with Crippen LogP contribution in [0.4, 0.5) is 0 Å². The van der Waals surface area contributed by atoms with Crippen molar-refractivity contribution in [3.63, 3.8) is 0 Å². The summed E-state index contributed by atoms with van der Waals surface area (Å²) in [5, 5.41) is 3.52. The van der Waals surface area contributed by atoms with Crippen molar-refractivity contribution in [2.24, 2.45) is 0 Å². The van der Waals surface area contributed by atoms with Gasteiger partial charge in [-0.25, -0.2) is 4.57 Å². The molecule has 0 N–H and O–H groups in total. The molecule has 0 aromatic carbocycles. The van der Waals surface area contributed by atoms with Crippen molar-refractivity contribution in [2.45, 2.75) is 32.2 Å². The van der Waals surface area contributed by atoms with Gasteiger partial charge in [-0.2, -0.15) is 4.98 Å². The second kappa shape index (κ2) is 6.64. The average molecular weight is 246 g/mol. The van der Waals surface area contributed by atoms with E-state index in [1.165, 1.54) is 6.33 Å². The highest BCUT2D eigenvalue weighted by molar-refractivity contribution is 5.78. The lowest BCUT2D eigenvalue weighted by atomic mass is 10.1. The molecule has 2 rings (SSSR count). The molecule has 0 radical (unpaired) electrons. The van der Waals surface area contributed by atoms with Crippen LogP contribution in [-0.4, -0.2) is 15.9 Å². The van der Waals surface area contributed by atoms with Crippen molar-refractivity contribution < 1.29 is 13.9 Å². The van der Waals surface area contributed by atoms with Gasteiger partial charge in [0.1, 0.15) is 5.78 Å². The third-order valence-corrected chi connectivity index (χ3v) is 2.68. The molecule has 5 heteroatoms. The molecule has 2 heterocycles. The van der Waals surface area contributed by atoms with Gasteiger partial charge >= 0.3 is 0 Å². The lowest BCUT2D eigenvalue weighted by Gasteiger charge is -1.97. The molecule has 0 unspecified atom stereocenters. The first-order chi connectivity index (χ1) is 8.84. The van der Waals surface area contributed by atoms with E-state index in [0.29, 0.717) is 25.2 Å². The molecule has 0 spiro atoms. The Morgan fingerprint density at radius 3 is 2.78 bits per heavy atom. The van der Waals surface area contributed by atoms with Gasteiger partial charge in [-0.05, 0) is 6.42 Å². The van der Waals surface area contributed by atoms with E-state index in [0.717, 1.165) is 13.0 Å². The monoisotopic (exact) mass is 246 g/mol. The smallest absolute Gasteiger partial charge is 0.226 e. The summed E-state index contributed by atoms with van der Waals surface area (Å²) in [7, 11) is 0. The predicted octanol–water partition coefficient (Wildman–Crippen LogP) is 1.34. The highest BCUT2D eigenvalue weighted by atomic mass is 16.5. The Morgan fingerprint density at radius 1 is 1.22 bits per heavy atom. The van der Waals surface area contributed by atoms with Crippen molar-refractivity contribution in [3.8, 4) is 0 Å². The van der Waals surface area contributed by atoms with Gasteiger partial charge in [0.15, 0.2) is 25.3 Å². The van der Waals surface area contributed by atoms with Crippen LogP contribution in [-0.2, 0) is 17.8 Å². The topological polar surface area (TPSA) is 59.9 Å². The SMILES string of the molecule is O=C(CCCc1ncno1)CC[n+]1ccccc1. The lowest BCUT2D eigenvalue weighted by Crippen LogP contribution is -2.33. The number of aromatic nitrogens is 3. The van der Waals surface area contributed by atoms with E-state index >= 15 is 0 Å². The van der Waals surface area contributed by atoms with Crippen LogP contribution >= 0.6 is 0 Å². The third kappa shape index (κ3) is 4.08. The summed E-state index contributed by atoms with van der Waals surface area (Å²) in [4.78, 5) is 15.6.